The summed E-state index contributed by atoms with van der Waals surface area (Å²) in [5.74, 6) is -13.9. The summed E-state index contributed by atoms with van der Waals surface area (Å²) in [6.07, 6.45) is -9.45. The van der Waals surface area contributed by atoms with Crippen LogP contribution in [0.1, 0.15) is 51.4 Å². The second-order valence-corrected chi connectivity index (χ2v) is 7.75. The molecule has 0 amide bonds. The topological polar surface area (TPSA) is 281 Å². The first-order valence-corrected chi connectivity index (χ1v) is 11.3. The van der Waals surface area contributed by atoms with Crippen molar-refractivity contribution in [1.82, 2.24) is 0 Å². The Kier molecular flexibility index (Phi) is 13.2. The van der Waals surface area contributed by atoms with Crippen molar-refractivity contribution in [3.05, 3.63) is 11.5 Å². The van der Waals surface area contributed by atoms with Crippen LogP contribution in [0, 0.1) is 0 Å². The molecule has 1 heterocycles. The summed E-state index contributed by atoms with van der Waals surface area (Å²) in [5.41, 5.74) is 0. The molecule has 0 aliphatic carbocycles. The molecule has 0 aromatic heterocycles. The highest BCUT2D eigenvalue weighted by Crippen LogP contribution is 2.30. The van der Waals surface area contributed by atoms with E-state index in [0.29, 0.717) is 0 Å². The molecule has 0 radical (unpaired) electrons. The summed E-state index contributed by atoms with van der Waals surface area (Å²) in [6.45, 7) is -0.953. The van der Waals surface area contributed by atoms with E-state index in [1.165, 1.54) is 0 Å². The molecule has 40 heavy (non-hydrogen) atoms. The lowest BCUT2D eigenvalue weighted by Gasteiger charge is -2.24. The standard InChI is InChI=1S/C22H24O18/c23-11(24)1-5-15(31)36-9-10(37-16(32)6-2-12(25)26)19-20(38-17(33)7-3-13(27)28)21(22(35)40-19)39-18(34)8-4-14(29)30/h10,19H,1-9H2,(H,23,24)(H,25,26)(H,27,28)(H,29,30)/t10-,19?/m0/s1. The molecular formula is C22H24O18. The van der Waals surface area contributed by atoms with Crippen molar-refractivity contribution >= 4 is 53.7 Å². The van der Waals surface area contributed by atoms with Crippen molar-refractivity contribution < 1.29 is 87.3 Å². The Hall–Kier alpha value is -5.03. The van der Waals surface area contributed by atoms with Crippen LogP contribution < -0.4 is 0 Å². The minimum absolute atomic E-state index is 0.626. The Labute approximate surface area is 223 Å². The van der Waals surface area contributed by atoms with Gasteiger partial charge in [-0.2, -0.15) is 0 Å². The molecule has 18 heteroatoms. The van der Waals surface area contributed by atoms with E-state index in [4.69, 9.17) is 44.1 Å². The third-order valence-electron chi connectivity index (χ3n) is 4.54. The van der Waals surface area contributed by atoms with Crippen molar-refractivity contribution in [3.63, 3.8) is 0 Å². The molecule has 1 unspecified atom stereocenters. The fourth-order valence-corrected chi connectivity index (χ4v) is 2.73. The van der Waals surface area contributed by atoms with E-state index < -0.39 is 135 Å². The summed E-state index contributed by atoms with van der Waals surface area (Å²) < 4.78 is 24.6. The van der Waals surface area contributed by atoms with E-state index >= 15 is 0 Å². The van der Waals surface area contributed by atoms with Gasteiger partial charge in [0.05, 0.1) is 51.4 Å². The van der Waals surface area contributed by atoms with Gasteiger partial charge >= 0.3 is 53.7 Å². The number of aliphatic carboxylic acids is 4. The van der Waals surface area contributed by atoms with E-state index in [-0.39, 0.29) is 0 Å². The number of rotatable bonds is 18. The zero-order valence-corrected chi connectivity index (χ0v) is 20.5. The van der Waals surface area contributed by atoms with E-state index in [2.05, 4.69) is 0 Å². The van der Waals surface area contributed by atoms with Gasteiger partial charge in [-0.1, -0.05) is 0 Å². The fraction of sp³-hybridized carbons (Fsp3) is 0.500. The van der Waals surface area contributed by atoms with E-state index in [1.54, 1.807) is 0 Å². The maximum absolute atomic E-state index is 12.5. The average molecular weight is 576 g/mol. The van der Waals surface area contributed by atoms with Gasteiger partial charge < -0.3 is 44.1 Å². The zero-order chi connectivity index (χ0) is 30.4. The van der Waals surface area contributed by atoms with Crippen LogP contribution in [0.3, 0.4) is 0 Å². The number of hydrogen-bond acceptors (Lipinski definition) is 14. The quantitative estimate of drug-likeness (QED) is 0.114. The molecule has 4 N–H and O–H groups in total. The summed E-state index contributed by atoms with van der Waals surface area (Å²) in [7, 11) is 0. The molecule has 1 aliphatic rings. The minimum atomic E-state index is -1.97. The Bertz CT molecular complexity index is 1090. The maximum Gasteiger partial charge on any atom is 0.379 e. The van der Waals surface area contributed by atoms with Crippen LogP contribution in [0.5, 0.6) is 0 Å². The van der Waals surface area contributed by atoms with E-state index in [1.807, 2.05) is 0 Å². The molecule has 0 spiro atoms. The molecule has 1 rings (SSSR count). The Balaban J connectivity index is 3.32. The minimum Gasteiger partial charge on any atom is -0.481 e. The molecular weight excluding hydrogens is 552 g/mol. The molecule has 0 saturated heterocycles. The molecule has 0 aromatic rings. The van der Waals surface area contributed by atoms with Crippen LogP contribution in [0.25, 0.3) is 0 Å². The Morgan fingerprint density at radius 3 is 1.52 bits per heavy atom. The third-order valence-corrected chi connectivity index (χ3v) is 4.54. The first kappa shape index (κ1) is 33.0. The highest BCUT2D eigenvalue weighted by molar-refractivity contribution is 5.93. The van der Waals surface area contributed by atoms with Crippen LogP contribution >= 0.6 is 0 Å². The number of carbonyl (C=O) groups is 9. The lowest BCUT2D eigenvalue weighted by Crippen LogP contribution is -2.39. The lowest BCUT2D eigenvalue weighted by atomic mass is 10.1. The van der Waals surface area contributed by atoms with Gasteiger partial charge in [0.15, 0.2) is 6.10 Å². The smallest absolute Gasteiger partial charge is 0.379 e. The van der Waals surface area contributed by atoms with E-state index in [9.17, 15) is 43.2 Å². The van der Waals surface area contributed by atoms with Gasteiger partial charge in [0.1, 0.15) is 6.61 Å². The van der Waals surface area contributed by atoms with Gasteiger partial charge in [0.25, 0.3) is 5.76 Å². The summed E-state index contributed by atoms with van der Waals surface area (Å²) in [5, 5.41) is 34.9. The lowest BCUT2D eigenvalue weighted by molar-refractivity contribution is -0.173. The van der Waals surface area contributed by atoms with Crippen LogP contribution in [-0.2, 0) is 66.8 Å². The number of carboxylic acids is 4. The monoisotopic (exact) mass is 576 g/mol. The second-order valence-electron chi connectivity index (χ2n) is 7.75. The molecule has 0 saturated carbocycles. The largest absolute Gasteiger partial charge is 0.481 e. The first-order chi connectivity index (χ1) is 18.7. The first-order valence-electron chi connectivity index (χ1n) is 11.3. The maximum atomic E-state index is 12.5. The number of hydrogen-bond donors (Lipinski definition) is 4. The van der Waals surface area contributed by atoms with Gasteiger partial charge in [-0.15, -0.1) is 0 Å². The molecule has 0 fully saturated rings. The van der Waals surface area contributed by atoms with Crippen LogP contribution in [0.2, 0.25) is 0 Å². The van der Waals surface area contributed by atoms with Gasteiger partial charge in [-0.3, -0.25) is 38.4 Å². The normalized spacial score (nSPS) is 14.9. The molecule has 2 atom stereocenters. The predicted octanol–water partition coefficient (Wildman–Crippen LogP) is -0.876. The number of cyclic esters (lactones) is 1. The average Bonchev–Trinajstić information content (AvgIpc) is 3.15. The number of carboxylic acid groups (broad SMARTS) is 4. The van der Waals surface area contributed by atoms with Gasteiger partial charge in [0.2, 0.25) is 11.9 Å². The number of carbonyl (C=O) groups excluding carboxylic acids is 5. The Morgan fingerprint density at radius 1 is 0.625 bits per heavy atom. The highest BCUT2D eigenvalue weighted by Gasteiger charge is 2.46. The van der Waals surface area contributed by atoms with Crippen molar-refractivity contribution in [2.24, 2.45) is 0 Å². The Morgan fingerprint density at radius 2 is 1.05 bits per heavy atom. The van der Waals surface area contributed by atoms with Crippen LogP contribution in [-0.4, -0.2) is 93.0 Å². The summed E-state index contributed by atoms with van der Waals surface area (Å²) in [4.78, 5) is 104. The highest BCUT2D eigenvalue weighted by atomic mass is 16.7. The van der Waals surface area contributed by atoms with Crippen molar-refractivity contribution in [3.8, 4) is 0 Å². The van der Waals surface area contributed by atoms with Crippen LogP contribution in [0.4, 0.5) is 0 Å². The zero-order valence-electron chi connectivity index (χ0n) is 20.5. The van der Waals surface area contributed by atoms with Gasteiger partial charge in [-0.25, -0.2) is 4.79 Å². The number of ether oxygens (including phenoxy) is 5. The van der Waals surface area contributed by atoms with E-state index in [0.717, 1.165) is 0 Å². The predicted molar refractivity (Wildman–Crippen MR) is 117 cm³/mol. The molecule has 220 valence electrons. The molecule has 0 bridgehead atoms. The second kappa shape index (κ2) is 16.0. The van der Waals surface area contributed by atoms with Gasteiger partial charge in [-0.05, 0) is 0 Å². The third kappa shape index (κ3) is 12.5. The van der Waals surface area contributed by atoms with Crippen LogP contribution in [0.15, 0.2) is 11.5 Å². The molecule has 0 aromatic carbocycles. The fourth-order valence-electron chi connectivity index (χ4n) is 2.73. The molecule has 18 nitrogen and oxygen atoms in total. The van der Waals surface area contributed by atoms with Crippen molar-refractivity contribution in [1.29, 1.82) is 0 Å². The van der Waals surface area contributed by atoms with Crippen molar-refractivity contribution in [2.75, 3.05) is 6.61 Å². The van der Waals surface area contributed by atoms with Crippen molar-refractivity contribution in [2.45, 2.75) is 63.6 Å². The number of esters is 5. The van der Waals surface area contributed by atoms with Gasteiger partial charge in [0, 0.05) is 0 Å². The molecule has 1 aliphatic heterocycles. The SMILES string of the molecule is O=C(O)CCC(=O)OC[C@H](OC(=O)CCC(=O)O)C1OC(=O)C(OC(=O)CCC(=O)O)=C1OC(=O)CCC(=O)O. The summed E-state index contributed by atoms with van der Waals surface area (Å²) >= 11 is 0. The summed E-state index contributed by atoms with van der Waals surface area (Å²) in [6, 6.07) is 0.